The zero-order valence-electron chi connectivity index (χ0n) is 11.3. The Labute approximate surface area is 127 Å². The molecule has 21 heavy (non-hydrogen) atoms. The van der Waals surface area contributed by atoms with E-state index in [1.54, 1.807) is 24.3 Å². The summed E-state index contributed by atoms with van der Waals surface area (Å²) >= 11 is 6.03. The van der Waals surface area contributed by atoms with Crippen LogP contribution in [0.5, 0.6) is 0 Å². The van der Waals surface area contributed by atoms with Gasteiger partial charge in [-0.25, -0.2) is 0 Å². The van der Waals surface area contributed by atoms with Crippen LogP contribution in [0.4, 0.5) is 0 Å². The molecule has 6 nitrogen and oxygen atoms in total. The summed E-state index contributed by atoms with van der Waals surface area (Å²) in [6, 6.07) is 5.56. The van der Waals surface area contributed by atoms with Gasteiger partial charge in [-0.05, 0) is 18.1 Å². The van der Waals surface area contributed by atoms with E-state index >= 15 is 0 Å². The van der Waals surface area contributed by atoms with Crippen LogP contribution < -0.4 is 16.4 Å². The molecule has 1 aromatic rings. The maximum absolute atomic E-state index is 12.0. The van der Waals surface area contributed by atoms with Gasteiger partial charge in [0, 0.05) is 17.9 Å². The third-order valence-corrected chi connectivity index (χ3v) is 3.72. The van der Waals surface area contributed by atoms with E-state index in [1.165, 1.54) is 0 Å². The average molecular weight is 310 g/mol. The number of primary amides is 1. The summed E-state index contributed by atoms with van der Waals surface area (Å²) in [5.74, 6) is -1.22. The molecule has 1 aliphatic heterocycles. The van der Waals surface area contributed by atoms with Gasteiger partial charge in [-0.3, -0.25) is 14.4 Å². The number of hydrogen-bond acceptors (Lipinski definition) is 3. The second-order valence-corrected chi connectivity index (χ2v) is 5.33. The molecule has 7 heteroatoms. The van der Waals surface area contributed by atoms with E-state index in [1.807, 2.05) is 0 Å². The van der Waals surface area contributed by atoms with E-state index in [4.69, 9.17) is 17.3 Å². The molecule has 1 aliphatic rings. The van der Waals surface area contributed by atoms with Crippen molar-refractivity contribution >= 4 is 29.3 Å². The topological polar surface area (TPSA) is 101 Å². The zero-order chi connectivity index (χ0) is 15.4. The van der Waals surface area contributed by atoms with Crippen LogP contribution in [0.15, 0.2) is 24.3 Å². The highest BCUT2D eigenvalue weighted by molar-refractivity contribution is 6.31. The maximum atomic E-state index is 12.0. The third-order valence-electron chi connectivity index (χ3n) is 3.35. The summed E-state index contributed by atoms with van der Waals surface area (Å²) < 4.78 is 0. The van der Waals surface area contributed by atoms with Gasteiger partial charge in [0.25, 0.3) is 0 Å². The molecule has 0 spiro atoms. The van der Waals surface area contributed by atoms with E-state index in [0.29, 0.717) is 17.9 Å². The van der Waals surface area contributed by atoms with Gasteiger partial charge in [0.1, 0.15) is 12.1 Å². The summed E-state index contributed by atoms with van der Waals surface area (Å²) in [6.45, 7) is 0. The Hall–Kier alpha value is -2.08. The minimum absolute atomic E-state index is 0.170. The number of nitrogens with one attached hydrogen (secondary N) is 2. The number of benzene rings is 1. The van der Waals surface area contributed by atoms with Gasteiger partial charge in [-0.2, -0.15) is 0 Å². The van der Waals surface area contributed by atoms with Crippen LogP contribution in [0.2, 0.25) is 5.02 Å². The molecule has 2 rings (SSSR count). The molecular formula is C14H16ClN3O3. The Balaban J connectivity index is 2.03. The molecule has 3 amide bonds. The standard InChI is InChI=1S/C14H16ClN3O3/c15-9-4-2-1-3-8(9)7-11(13(16)20)18-14(21)10-5-6-12(19)17-10/h1-4,10-11H,5-7H2,(H2,16,20)(H,17,19)(H,18,21)/t10-,11-/m1/s1. The van der Waals surface area contributed by atoms with E-state index < -0.39 is 23.9 Å². The Morgan fingerprint density at radius 3 is 2.71 bits per heavy atom. The predicted molar refractivity (Wildman–Crippen MR) is 77.4 cm³/mol. The van der Waals surface area contributed by atoms with Gasteiger partial charge < -0.3 is 16.4 Å². The van der Waals surface area contributed by atoms with Crippen molar-refractivity contribution in [2.24, 2.45) is 5.73 Å². The third kappa shape index (κ3) is 3.95. The summed E-state index contributed by atoms with van der Waals surface area (Å²) in [5, 5.41) is 5.62. The molecule has 0 aliphatic carbocycles. The van der Waals surface area contributed by atoms with E-state index in [0.717, 1.165) is 5.56 Å². The molecule has 2 atom stereocenters. The number of halogens is 1. The van der Waals surface area contributed by atoms with Crippen LogP contribution in [0, 0.1) is 0 Å². The molecule has 1 aromatic carbocycles. The number of hydrogen-bond donors (Lipinski definition) is 3. The van der Waals surface area contributed by atoms with E-state index in [-0.39, 0.29) is 12.3 Å². The van der Waals surface area contributed by atoms with Gasteiger partial charge in [0.2, 0.25) is 17.7 Å². The fraction of sp³-hybridized carbons (Fsp3) is 0.357. The fourth-order valence-electron chi connectivity index (χ4n) is 2.19. The van der Waals surface area contributed by atoms with Crippen molar-refractivity contribution < 1.29 is 14.4 Å². The number of carbonyl (C=O) groups excluding carboxylic acids is 3. The predicted octanol–water partition coefficient (Wildman–Crippen LogP) is 0.131. The van der Waals surface area contributed by atoms with Crippen LogP contribution in [-0.2, 0) is 20.8 Å². The van der Waals surface area contributed by atoms with Crippen molar-refractivity contribution in [3.05, 3.63) is 34.9 Å². The highest BCUT2D eigenvalue weighted by atomic mass is 35.5. The van der Waals surface area contributed by atoms with Gasteiger partial charge in [0.15, 0.2) is 0 Å². The monoisotopic (exact) mass is 309 g/mol. The lowest BCUT2D eigenvalue weighted by Crippen LogP contribution is -2.51. The Kier molecular flexibility index (Phi) is 4.80. The minimum Gasteiger partial charge on any atom is -0.368 e. The fourth-order valence-corrected chi connectivity index (χ4v) is 2.40. The number of nitrogens with two attached hydrogens (primary N) is 1. The van der Waals surface area contributed by atoms with E-state index in [9.17, 15) is 14.4 Å². The van der Waals surface area contributed by atoms with Crippen molar-refractivity contribution in [3.8, 4) is 0 Å². The first-order chi connectivity index (χ1) is 9.97. The lowest BCUT2D eigenvalue weighted by Gasteiger charge is -2.18. The molecule has 1 heterocycles. The van der Waals surface area contributed by atoms with Crippen LogP contribution in [0.1, 0.15) is 18.4 Å². The second-order valence-electron chi connectivity index (χ2n) is 4.92. The quantitative estimate of drug-likeness (QED) is 0.720. The molecule has 1 fully saturated rings. The molecule has 0 unspecified atom stereocenters. The van der Waals surface area contributed by atoms with Gasteiger partial charge in [-0.15, -0.1) is 0 Å². The SMILES string of the molecule is NC(=O)[C@@H](Cc1ccccc1Cl)NC(=O)[C@H]1CCC(=O)N1. The van der Waals surface area contributed by atoms with Crippen LogP contribution in [0.3, 0.4) is 0 Å². The maximum Gasteiger partial charge on any atom is 0.243 e. The lowest BCUT2D eigenvalue weighted by atomic mass is 10.0. The molecule has 4 N–H and O–H groups in total. The van der Waals surface area contributed by atoms with Gasteiger partial charge >= 0.3 is 0 Å². The van der Waals surface area contributed by atoms with Crippen molar-refractivity contribution in [2.75, 3.05) is 0 Å². The number of amides is 3. The van der Waals surface area contributed by atoms with Crippen molar-refractivity contribution in [2.45, 2.75) is 31.3 Å². The Morgan fingerprint density at radius 2 is 2.14 bits per heavy atom. The number of carbonyl (C=O) groups is 3. The van der Waals surface area contributed by atoms with Crippen molar-refractivity contribution in [1.82, 2.24) is 10.6 Å². The van der Waals surface area contributed by atoms with Gasteiger partial charge in [-0.1, -0.05) is 29.8 Å². The summed E-state index contributed by atoms with van der Waals surface area (Å²) in [4.78, 5) is 34.6. The molecule has 0 bridgehead atoms. The van der Waals surface area contributed by atoms with Crippen LogP contribution >= 0.6 is 11.6 Å². The van der Waals surface area contributed by atoms with Crippen LogP contribution in [0.25, 0.3) is 0 Å². The second kappa shape index (κ2) is 6.58. The minimum atomic E-state index is -0.866. The normalized spacial score (nSPS) is 18.9. The summed E-state index contributed by atoms with van der Waals surface area (Å²) in [7, 11) is 0. The highest BCUT2D eigenvalue weighted by Gasteiger charge is 2.30. The summed E-state index contributed by atoms with van der Waals surface area (Å²) in [5.41, 5.74) is 6.05. The molecule has 1 saturated heterocycles. The smallest absolute Gasteiger partial charge is 0.243 e. The largest absolute Gasteiger partial charge is 0.368 e. The molecular weight excluding hydrogens is 294 g/mol. The van der Waals surface area contributed by atoms with E-state index in [2.05, 4.69) is 10.6 Å². The number of rotatable bonds is 5. The first-order valence-electron chi connectivity index (χ1n) is 6.60. The lowest BCUT2D eigenvalue weighted by molar-refractivity contribution is -0.129. The molecule has 0 saturated carbocycles. The molecule has 112 valence electrons. The Bertz CT molecular complexity index is 576. The average Bonchev–Trinajstić information content (AvgIpc) is 2.87. The van der Waals surface area contributed by atoms with Crippen molar-refractivity contribution in [3.63, 3.8) is 0 Å². The first-order valence-corrected chi connectivity index (χ1v) is 6.97. The first kappa shape index (κ1) is 15.3. The summed E-state index contributed by atoms with van der Waals surface area (Å²) in [6.07, 6.45) is 0.938. The van der Waals surface area contributed by atoms with Crippen LogP contribution in [-0.4, -0.2) is 29.8 Å². The van der Waals surface area contributed by atoms with Crippen molar-refractivity contribution in [1.29, 1.82) is 0 Å². The Morgan fingerprint density at radius 1 is 1.43 bits per heavy atom. The van der Waals surface area contributed by atoms with Gasteiger partial charge in [0.05, 0.1) is 0 Å². The highest BCUT2D eigenvalue weighted by Crippen LogP contribution is 2.17. The molecule has 0 aromatic heterocycles. The zero-order valence-corrected chi connectivity index (χ0v) is 12.0. The molecule has 0 radical (unpaired) electrons.